The number of aromatic nitrogens is 4. The van der Waals surface area contributed by atoms with Crippen LogP contribution < -0.4 is 10.00 Å². The van der Waals surface area contributed by atoms with Crippen molar-refractivity contribution >= 4 is 22.8 Å². The largest absolute Gasteiger partial charge is 0.374 e. The van der Waals surface area contributed by atoms with Crippen LogP contribution in [0.15, 0.2) is 54.6 Å². The third-order valence-corrected chi connectivity index (χ3v) is 3.80. The Morgan fingerprint density at radius 2 is 2.00 bits per heavy atom. The standard InChI is InChI=1S/C18H14FN5O/c1-11-9-16(22-17(25)12-5-4-6-13(19)10-12)24(23-11)18-20-14-7-2-3-8-15(14)21-18/h2-10H,1H3,(H2,20,21,22,23,25)/p+1. The fourth-order valence-corrected chi connectivity index (χ4v) is 2.66. The van der Waals surface area contributed by atoms with Gasteiger partial charge in [-0.15, -0.1) is 9.67 Å². The van der Waals surface area contributed by atoms with Gasteiger partial charge in [-0.2, -0.15) is 0 Å². The van der Waals surface area contributed by atoms with Gasteiger partial charge in [0.15, 0.2) is 5.52 Å². The lowest BCUT2D eigenvalue weighted by molar-refractivity contribution is -0.648. The van der Waals surface area contributed by atoms with Crippen LogP contribution in [0.4, 0.5) is 10.2 Å². The Kier molecular flexibility index (Phi) is 3.53. The number of amides is 1. The van der Waals surface area contributed by atoms with Crippen molar-refractivity contribution < 1.29 is 13.9 Å². The Morgan fingerprint density at radius 3 is 2.80 bits per heavy atom. The van der Waals surface area contributed by atoms with Crippen LogP contribution in [0.25, 0.3) is 17.0 Å². The minimum absolute atomic E-state index is 0.245. The maximum absolute atomic E-state index is 13.3. The first-order chi connectivity index (χ1) is 12.1. The van der Waals surface area contributed by atoms with E-state index in [2.05, 4.69) is 20.4 Å². The summed E-state index contributed by atoms with van der Waals surface area (Å²) in [7, 11) is 0. The molecule has 0 atom stereocenters. The highest BCUT2D eigenvalue weighted by Crippen LogP contribution is 2.13. The summed E-state index contributed by atoms with van der Waals surface area (Å²) in [5.74, 6) is 0.195. The molecule has 0 fully saturated rings. The number of aryl methyl sites for hydroxylation is 1. The number of imidazole rings is 1. The number of hydrogen-bond donors (Lipinski definition) is 3. The first-order valence-electron chi connectivity index (χ1n) is 7.74. The molecule has 3 N–H and O–H groups in total. The molecule has 0 aliphatic rings. The minimum atomic E-state index is -0.456. The number of halogens is 1. The van der Waals surface area contributed by atoms with Crippen LogP contribution in [0.2, 0.25) is 0 Å². The lowest BCUT2D eigenvalue weighted by Crippen LogP contribution is -2.38. The van der Waals surface area contributed by atoms with E-state index in [4.69, 9.17) is 0 Å². The van der Waals surface area contributed by atoms with Gasteiger partial charge in [0.1, 0.15) is 11.3 Å². The van der Waals surface area contributed by atoms with Crippen molar-refractivity contribution in [3.05, 3.63) is 71.7 Å². The highest BCUT2D eigenvalue weighted by Gasteiger charge is 2.20. The number of benzene rings is 2. The molecule has 4 aromatic rings. The number of carbonyl (C=O) groups excluding carboxylic acids is 1. The van der Waals surface area contributed by atoms with E-state index in [1.807, 2.05) is 31.2 Å². The predicted molar refractivity (Wildman–Crippen MR) is 91.1 cm³/mol. The van der Waals surface area contributed by atoms with Gasteiger partial charge in [0.2, 0.25) is 5.82 Å². The number of hydrogen-bond acceptors (Lipinski definition) is 2. The normalized spacial score (nSPS) is 11.0. The second kappa shape index (κ2) is 5.86. The first kappa shape index (κ1) is 15.1. The summed E-state index contributed by atoms with van der Waals surface area (Å²) in [5, 5.41) is 5.91. The zero-order chi connectivity index (χ0) is 17.4. The average Bonchev–Trinajstić information content (AvgIpc) is 3.17. The van der Waals surface area contributed by atoms with Gasteiger partial charge in [0.25, 0.3) is 5.91 Å². The molecule has 6 nitrogen and oxygen atoms in total. The van der Waals surface area contributed by atoms with Crippen molar-refractivity contribution in [2.24, 2.45) is 0 Å². The maximum atomic E-state index is 13.3. The number of carbonyl (C=O) groups is 1. The van der Waals surface area contributed by atoms with Crippen molar-refractivity contribution in [3.8, 4) is 5.95 Å². The lowest BCUT2D eigenvalue weighted by atomic mass is 10.2. The molecule has 0 bridgehead atoms. The van der Waals surface area contributed by atoms with E-state index < -0.39 is 11.7 Å². The molecule has 0 unspecified atom stereocenters. The zero-order valence-corrected chi connectivity index (χ0v) is 13.4. The molecule has 1 amide bonds. The van der Waals surface area contributed by atoms with Gasteiger partial charge in [0, 0.05) is 11.8 Å². The number of para-hydroxylation sites is 2. The number of H-pyrrole nitrogens is 2. The monoisotopic (exact) mass is 336 g/mol. The number of rotatable bonds is 3. The van der Waals surface area contributed by atoms with Crippen LogP contribution in [-0.2, 0) is 0 Å². The molecular formula is C18H15FN5O+. The average molecular weight is 336 g/mol. The minimum Gasteiger partial charge on any atom is -0.258 e. The summed E-state index contributed by atoms with van der Waals surface area (Å²) in [6.07, 6.45) is 0. The van der Waals surface area contributed by atoms with Crippen LogP contribution in [0, 0.1) is 12.7 Å². The molecule has 0 aliphatic heterocycles. The molecule has 0 radical (unpaired) electrons. The van der Waals surface area contributed by atoms with Gasteiger partial charge in [-0.3, -0.25) is 20.2 Å². The van der Waals surface area contributed by atoms with E-state index in [0.717, 1.165) is 16.7 Å². The molecule has 25 heavy (non-hydrogen) atoms. The quantitative estimate of drug-likeness (QED) is 0.503. The third kappa shape index (κ3) is 2.87. The number of nitrogens with zero attached hydrogens (tertiary/aromatic N) is 2. The molecule has 2 aromatic carbocycles. The van der Waals surface area contributed by atoms with E-state index in [0.29, 0.717) is 11.8 Å². The molecule has 0 spiro atoms. The van der Waals surface area contributed by atoms with Crippen molar-refractivity contribution in [1.82, 2.24) is 15.1 Å². The SMILES string of the molecule is Cc1cc(NC(=O)c2cccc(F)c2)[n+](-c2nc3ccccc3[nH]2)[nH]1. The molecule has 124 valence electrons. The number of anilines is 1. The number of nitrogens with one attached hydrogen (secondary N) is 3. The van der Waals surface area contributed by atoms with Crippen molar-refractivity contribution in [3.63, 3.8) is 0 Å². The van der Waals surface area contributed by atoms with Crippen LogP contribution in [0.3, 0.4) is 0 Å². The Balaban J connectivity index is 1.70. The second-order valence-corrected chi connectivity index (χ2v) is 5.70. The van der Waals surface area contributed by atoms with Gasteiger partial charge in [-0.25, -0.2) is 4.39 Å². The van der Waals surface area contributed by atoms with E-state index in [1.54, 1.807) is 16.8 Å². The molecule has 0 saturated carbocycles. The topological polar surface area (TPSA) is 77.5 Å². The summed E-state index contributed by atoms with van der Waals surface area (Å²) in [5.41, 5.74) is 2.80. The van der Waals surface area contributed by atoms with Gasteiger partial charge in [-0.1, -0.05) is 18.2 Å². The maximum Gasteiger partial charge on any atom is 0.374 e. The van der Waals surface area contributed by atoms with Gasteiger partial charge in [0.05, 0.1) is 5.56 Å². The Morgan fingerprint density at radius 1 is 1.16 bits per heavy atom. The van der Waals surface area contributed by atoms with Crippen LogP contribution in [0.1, 0.15) is 16.1 Å². The summed E-state index contributed by atoms with van der Waals surface area (Å²) < 4.78 is 15.0. The highest BCUT2D eigenvalue weighted by atomic mass is 19.1. The number of fused-ring (bicyclic) bond motifs is 1. The fourth-order valence-electron chi connectivity index (χ4n) is 2.66. The van der Waals surface area contributed by atoms with Crippen LogP contribution in [0.5, 0.6) is 0 Å². The van der Waals surface area contributed by atoms with Crippen LogP contribution in [-0.4, -0.2) is 21.0 Å². The van der Waals surface area contributed by atoms with E-state index in [-0.39, 0.29) is 5.56 Å². The van der Waals surface area contributed by atoms with Crippen molar-refractivity contribution in [2.45, 2.75) is 6.92 Å². The Hall–Kier alpha value is -3.48. The summed E-state index contributed by atoms with van der Waals surface area (Å²) in [6.45, 7) is 1.87. The Labute approximate surface area is 142 Å². The zero-order valence-electron chi connectivity index (χ0n) is 13.4. The van der Waals surface area contributed by atoms with Crippen molar-refractivity contribution in [1.29, 1.82) is 0 Å². The third-order valence-electron chi connectivity index (χ3n) is 3.80. The molecule has 2 heterocycles. The Bertz CT molecular complexity index is 1050. The molecule has 4 rings (SSSR count). The first-order valence-corrected chi connectivity index (χ1v) is 7.74. The highest BCUT2D eigenvalue weighted by molar-refractivity contribution is 6.03. The smallest absolute Gasteiger partial charge is 0.258 e. The summed E-state index contributed by atoms with van der Waals surface area (Å²) in [6, 6.07) is 15.0. The van der Waals surface area contributed by atoms with Gasteiger partial charge < -0.3 is 0 Å². The van der Waals surface area contributed by atoms with Gasteiger partial charge in [-0.05, 0) is 37.3 Å². The van der Waals surface area contributed by atoms with E-state index >= 15 is 0 Å². The van der Waals surface area contributed by atoms with E-state index in [1.165, 1.54) is 18.2 Å². The van der Waals surface area contributed by atoms with Crippen LogP contribution >= 0.6 is 0 Å². The molecule has 0 aliphatic carbocycles. The van der Waals surface area contributed by atoms with E-state index in [9.17, 15) is 9.18 Å². The van der Waals surface area contributed by atoms with Crippen molar-refractivity contribution in [2.75, 3.05) is 5.32 Å². The molecule has 7 heteroatoms. The number of aromatic amines is 2. The van der Waals surface area contributed by atoms with Gasteiger partial charge >= 0.3 is 5.95 Å². The lowest BCUT2D eigenvalue weighted by Gasteiger charge is -2.02. The fraction of sp³-hybridized carbons (Fsp3) is 0.0556. The molecule has 2 aromatic heterocycles. The molecular weight excluding hydrogens is 321 g/mol. The summed E-state index contributed by atoms with van der Waals surface area (Å²) >= 11 is 0. The second-order valence-electron chi connectivity index (χ2n) is 5.70. The predicted octanol–water partition coefficient (Wildman–Crippen LogP) is 2.87. The summed E-state index contributed by atoms with van der Waals surface area (Å²) in [4.78, 5) is 20.1. The molecule has 0 saturated heterocycles.